The summed E-state index contributed by atoms with van der Waals surface area (Å²) in [5.41, 5.74) is 2.02. The predicted octanol–water partition coefficient (Wildman–Crippen LogP) is 2.92. The minimum atomic E-state index is -0.296. The number of nitrogens with one attached hydrogen (secondary N) is 1. The molecule has 0 fully saturated rings. The molecule has 0 aliphatic rings. The van der Waals surface area contributed by atoms with Gasteiger partial charge < -0.3 is 4.98 Å². The lowest BCUT2D eigenvalue weighted by atomic mass is 10.2. The maximum Gasteiger partial charge on any atom is 0.211 e. The molecule has 3 rings (SSSR count). The number of hydrogen-bond donors (Lipinski definition) is 1. The topological polar surface area (TPSA) is 54.5 Å². The van der Waals surface area contributed by atoms with Crippen LogP contribution in [0.5, 0.6) is 0 Å². The van der Waals surface area contributed by atoms with Gasteiger partial charge in [-0.3, -0.25) is 0 Å². The first-order chi connectivity index (χ1) is 8.78. The summed E-state index contributed by atoms with van der Waals surface area (Å²) in [5.74, 6) is 0.428. The lowest BCUT2D eigenvalue weighted by Crippen LogP contribution is -1.91. The maximum atomic E-state index is 13.2. The molecule has 2 heterocycles. The number of H-pyrrole nitrogens is 1. The molecular formula is C12H9FN4S. The van der Waals surface area contributed by atoms with E-state index in [1.165, 1.54) is 23.9 Å². The summed E-state index contributed by atoms with van der Waals surface area (Å²) in [6.07, 6.45) is 1.78. The van der Waals surface area contributed by atoms with Crippen LogP contribution in [0.15, 0.2) is 36.0 Å². The van der Waals surface area contributed by atoms with Gasteiger partial charge in [0.15, 0.2) is 5.65 Å². The normalized spacial score (nSPS) is 11.2. The molecule has 0 saturated heterocycles. The monoisotopic (exact) mass is 260 g/mol. The third-order valence-electron chi connectivity index (χ3n) is 2.49. The van der Waals surface area contributed by atoms with Gasteiger partial charge in [0.2, 0.25) is 5.16 Å². The number of benzene rings is 1. The third kappa shape index (κ3) is 1.84. The molecule has 1 N–H and O–H groups in total. The van der Waals surface area contributed by atoms with Crippen molar-refractivity contribution in [2.75, 3.05) is 5.75 Å². The molecule has 0 amide bonds. The Hall–Kier alpha value is -1.95. The Labute approximate surface area is 106 Å². The summed E-state index contributed by atoms with van der Waals surface area (Å²) in [7, 11) is 0. The van der Waals surface area contributed by atoms with Crippen LogP contribution in [-0.4, -0.2) is 25.9 Å². The Morgan fingerprint density at radius 1 is 1.39 bits per heavy atom. The minimum absolute atomic E-state index is 0.296. The number of halogens is 1. The summed E-state index contributed by atoms with van der Waals surface area (Å²) < 4.78 is 13.2. The Kier molecular flexibility index (Phi) is 2.71. The van der Waals surface area contributed by atoms with Crippen LogP contribution in [0.4, 0.5) is 4.39 Å². The SMILES string of the molecule is C=CCSc1nnc2c(n1)[nH]c1ccc(F)cc12. The second-order valence-electron chi connectivity index (χ2n) is 3.71. The summed E-state index contributed by atoms with van der Waals surface area (Å²) in [6, 6.07) is 4.50. The van der Waals surface area contributed by atoms with E-state index < -0.39 is 0 Å². The van der Waals surface area contributed by atoms with Gasteiger partial charge in [0, 0.05) is 16.7 Å². The zero-order chi connectivity index (χ0) is 12.5. The highest BCUT2D eigenvalue weighted by atomic mass is 32.2. The van der Waals surface area contributed by atoms with Crippen LogP contribution in [0.1, 0.15) is 0 Å². The highest BCUT2D eigenvalue weighted by Crippen LogP contribution is 2.24. The molecule has 0 aliphatic carbocycles. The highest BCUT2D eigenvalue weighted by Gasteiger charge is 2.09. The smallest absolute Gasteiger partial charge is 0.211 e. The maximum absolute atomic E-state index is 13.2. The standard InChI is InChI=1S/C12H9FN4S/c1-2-5-18-12-15-11-10(16-17-12)8-6-7(13)3-4-9(8)14-11/h2-4,6H,1,5H2,(H,14,15,17). The molecule has 18 heavy (non-hydrogen) atoms. The number of aromatic amines is 1. The molecule has 2 aromatic heterocycles. The molecule has 0 aliphatic heterocycles. The van der Waals surface area contributed by atoms with E-state index in [2.05, 4.69) is 26.7 Å². The molecule has 1 aromatic carbocycles. The molecule has 0 spiro atoms. The molecule has 4 nitrogen and oxygen atoms in total. The summed E-state index contributed by atoms with van der Waals surface area (Å²) in [6.45, 7) is 3.64. The summed E-state index contributed by atoms with van der Waals surface area (Å²) >= 11 is 1.45. The van der Waals surface area contributed by atoms with Gasteiger partial charge in [-0.15, -0.1) is 16.8 Å². The van der Waals surface area contributed by atoms with Crippen molar-refractivity contribution in [3.63, 3.8) is 0 Å². The predicted molar refractivity (Wildman–Crippen MR) is 70.1 cm³/mol. The third-order valence-corrected chi connectivity index (χ3v) is 3.32. The van der Waals surface area contributed by atoms with Gasteiger partial charge in [0.05, 0.1) is 0 Å². The van der Waals surface area contributed by atoms with Crippen molar-refractivity contribution in [3.8, 4) is 0 Å². The Balaban J connectivity index is 2.17. The number of nitrogens with zero attached hydrogens (tertiary/aromatic N) is 3. The number of rotatable bonds is 3. The van der Waals surface area contributed by atoms with E-state index in [0.29, 0.717) is 21.7 Å². The van der Waals surface area contributed by atoms with Crippen LogP contribution in [0, 0.1) is 5.82 Å². The fourth-order valence-corrected chi connectivity index (χ4v) is 2.24. The summed E-state index contributed by atoms with van der Waals surface area (Å²) in [5, 5.41) is 9.38. The number of aromatic nitrogens is 4. The minimum Gasteiger partial charge on any atom is -0.338 e. The van der Waals surface area contributed by atoms with Gasteiger partial charge >= 0.3 is 0 Å². The van der Waals surface area contributed by atoms with Crippen LogP contribution in [0.25, 0.3) is 22.1 Å². The van der Waals surface area contributed by atoms with E-state index in [1.54, 1.807) is 12.1 Å². The van der Waals surface area contributed by atoms with Gasteiger partial charge in [-0.05, 0) is 18.2 Å². The molecular weight excluding hydrogens is 251 g/mol. The zero-order valence-electron chi connectivity index (χ0n) is 9.35. The van der Waals surface area contributed by atoms with Crippen LogP contribution in [0.3, 0.4) is 0 Å². The van der Waals surface area contributed by atoms with E-state index >= 15 is 0 Å². The number of hydrogen-bond acceptors (Lipinski definition) is 4. The lowest BCUT2D eigenvalue weighted by molar-refractivity contribution is 0.630. The van der Waals surface area contributed by atoms with Crippen molar-refractivity contribution in [3.05, 3.63) is 36.7 Å². The van der Waals surface area contributed by atoms with Crippen molar-refractivity contribution < 1.29 is 4.39 Å². The van der Waals surface area contributed by atoms with Gasteiger partial charge in [0.25, 0.3) is 0 Å². The number of thioether (sulfide) groups is 1. The van der Waals surface area contributed by atoms with E-state index in [9.17, 15) is 4.39 Å². The number of fused-ring (bicyclic) bond motifs is 3. The average molecular weight is 260 g/mol. The highest BCUT2D eigenvalue weighted by molar-refractivity contribution is 7.99. The van der Waals surface area contributed by atoms with Crippen molar-refractivity contribution in [1.29, 1.82) is 0 Å². The van der Waals surface area contributed by atoms with Crippen LogP contribution in [-0.2, 0) is 0 Å². The van der Waals surface area contributed by atoms with Crippen LogP contribution < -0.4 is 0 Å². The molecule has 0 radical (unpaired) electrons. The van der Waals surface area contributed by atoms with Gasteiger partial charge in [-0.1, -0.05) is 17.8 Å². The lowest BCUT2D eigenvalue weighted by Gasteiger charge is -1.94. The molecule has 0 atom stereocenters. The second kappa shape index (κ2) is 4.38. The molecule has 3 aromatic rings. The van der Waals surface area contributed by atoms with E-state index in [1.807, 2.05) is 0 Å². The Morgan fingerprint density at radius 2 is 2.28 bits per heavy atom. The first kappa shape index (κ1) is 11.2. The van der Waals surface area contributed by atoms with Gasteiger partial charge in [-0.25, -0.2) is 9.37 Å². The molecule has 6 heteroatoms. The Bertz CT molecular complexity index is 737. The zero-order valence-corrected chi connectivity index (χ0v) is 10.2. The largest absolute Gasteiger partial charge is 0.338 e. The van der Waals surface area contributed by atoms with Crippen molar-refractivity contribution in [1.82, 2.24) is 20.2 Å². The van der Waals surface area contributed by atoms with Crippen LogP contribution in [0.2, 0.25) is 0 Å². The molecule has 0 bridgehead atoms. The molecule has 90 valence electrons. The van der Waals surface area contributed by atoms with E-state index in [0.717, 1.165) is 11.3 Å². The van der Waals surface area contributed by atoms with Gasteiger partial charge in [0.1, 0.15) is 11.3 Å². The van der Waals surface area contributed by atoms with E-state index in [4.69, 9.17) is 0 Å². The summed E-state index contributed by atoms with van der Waals surface area (Å²) in [4.78, 5) is 7.45. The van der Waals surface area contributed by atoms with Crippen molar-refractivity contribution in [2.24, 2.45) is 0 Å². The van der Waals surface area contributed by atoms with Crippen LogP contribution >= 0.6 is 11.8 Å². The molecule has 0 unspecified atom stereocenters. The quantitative estimate of drug-likeness (QED) is 0.581. The fourth-order valence-electron chi connectivity index (χ4n) is 1.72. The average Bonchev–Trinajstić information content (AvgIpc) is 2.73. The van der Waals surface area contributed by atoms with Gasteiger partial charge in [-0.2, -0.15) is 0 Å². The van der Waals surface area contributed by atoms with E-state index in [-0.39, 0.29) is 5.82 Å². The fraction of sp³-hybridized carbons (Fsp3) is 0.0833. The van der Waals surface area contributed by atoms with Crippen molar-refractivity contribution in [2.45, 2.75) is 5.16 Å². The second-order valence-corrected chi connectivity index (χ2v) is 4.69. The molecule has 0 saturated carbocycles. The first-order valence-corrected chi connectivity index (χ1v) is 6.32. The van der Waals surface area contributed by atoms with Crippen molar-refractivity contribution >= 4 is 33.8 Å². The first-order valence-electron chi connectivity index (χ1n) is 5.33. The Morgan fingerprint density at radius 3 is 3.11 bits per heavy atom.